The van der Waals surface area contributed by atoms with E-state index in [0.29, 0.717) is 6.54 Å². The first-order valence-corrected chi connectivity index (χ1v) is 5.56. The van der Waals surface area contributed by atoms with E-state index in [1.54, 1.807) is 0 Å². The number of nitrogens with one attached hydrogen (secondary N) is 1. The van der Waals surface area contributed by atoms with Crippen molar-refractivity contribution in [1.82, 2.24) is 5.32 Å². The highest BCUT2D eigenvalue weighted by Gasteiger charge is 2.14. The average Bonchev–Trinajstić information content (AvgIpc) is 2.33. The highest BCUT2D eigenvalue weighted by molar-refractivity contribution is 5.73. The smallest absolute Gasteiger partial charge is 0.322 e. The number of hydrogen-bond donors (Lipinski definition) is 6. The highest BCUT2D eigenvalue weighted by atomic mass is 16.4. The summed E-state index contributed by atoms with van der Waals surface area (Å²) >= 11 is 0. The molecule has 0 aliphatic carbocycles. The molecular formula is C10H22N2O6. The fourth-order valence-corrected chi connectivity index (χ4v) is 0.839. The van der Waals surface area contributed by atoms with E-state index in [4.69, 9.17) is 26.2 Å². The van der Waals surface area contributed by atoms with Crippen LogP contribution in [0.25, 0.3) is 0 Å². The molecule has 1 unspecified atom stereocenters. The van der Waals surface area contributed by atoms with Gasteiger partial charge in [-0.15, -0.1) is 0 Å². The Morgan fingerprint density at radius 1 is 1.22 bits per heavy atom. The molecule has 0 aliphatic rings. The zero-order valence-electron chi connectivity index (χ0n) is 10.4. The van der Waals surface area contributed by atoms with Gasteiger partial charge in [-0.2, -0.15) is 0 Å². The molecule has 0 aliphatic heterocycles. The fraction of sp³-hybridized carbons (Fsp3) is 0.800. The summed E-state index contributed by atoms with van der Waals surface area (Å²) in [6.07, 6.45) is 1.17. The second-order valence-electron chi connectivity index (χ2n) is 3.48. The highest BCUT2D eigenvalue weighted by Crippen LogP contribution is 1.90. The van der Waals surface area contributed by atoms with E-state index < -0.39 is 30.6 Å². The topological polar surface area (TPSA) is 153 Å². The molecule has 0 rings (SSSR count). The van der Waals surface area contributed by atoms with Crippen molar-refractivity contribution in [1.29, 1.82) is 0 Å². The van der Waals surface area contributed by atoms with E-state index in [0.717, 1.165) is 6.42 Å². The Morgan fingerprint density at radius 3 is 2.00 bits per heavy atom. The predicted octanol–water partition coefficient (Wildman–Crippen LogP) is -1.79. The van der Waals surface area contributed by atoms with Crippen LogP contribution in [0.4, 0.5) is 0 Å². The largest absolute Gasteiger partial charge is 0.480 e. The molecular weight excluding hydrogens is 244 g/mol. The van der Waals surface area contributed by atoms with Gasteiger partial charge in [-0.25, -0.2) is 0 Å². The third kappa shape index (κ3) is 11.3. The molecule has 0 saturated carbocycles. The fourth-order valence-electron chi connectivity index (χ4n) is 0.839. The maximum absolute atomic E-state index is 10.4. The van der Waals surface area contributed by atoms with Crippen LogP contribution in [0.3, 0.4) is 0 Å². The summed E-state index contributed by atoms with van der Waals surface area (Å²) in [6.45, 7) is 2.05. The Balaban J connectivity index is 0. The van der Waals surface area contributed by atoms with Gasteiger partial charge < -0.3 is 31.5 Å². The van der Waals surface area contributed by atoms with Crippen LogP contribution in [-0.4, -0.2) is 64.2 Å². The van der Waals surface area contributed by atoms with Crippen LogP contribution in [0.1, 0.15) is 19.8 Å². The van der Waals surface area contributed by atoms with Crippen molar-refractivity contribution in [3.8, 4) is 0 Å². The molecule has 0 bridgehead atoms. The minimum absolute atomic E-state index is 0.0896. The monoisotopic (exact) mass is 266 g/mol. The van der Waals surface area contributed by atoms with Crippen LogP contribution in [0.15, 0.2) is 0 Å². The molecule has 0 amide bonds. The lowest BCUT2D eigenvalue weighted by molar-refractivity contribution is -0.140. The van der Waals surface area contributed by atoms with Crippen LogP contribution in [0.5, 0.6) is 0 Å². The van der Waals surface area contributed by atoms with Gasteiger partial charge in [0.05, 0.1) is 6.61 Å². The van der Waals surface area contributed by atoms with Gasteiger partial charge in [0.15, 0.2) is 0 Å². The van der Waals surface area contributed by atoms with E-state index in [1.807, 2.05) is 6.92 Å². The molecule has 0 spiro atoms. The molecule has 0 radical (unpaired) electrons. The van der Waals surface area contributed by atoms with Gasteiger partial charge in [-0.1, -0.05) is 6.92 Å². The Bertz CT molecular complexity index is 236. The predicted molar refractivity (Wildman–Crippen MR) is 64.1 cm³/mol. The molecule has 8 heteroatoms. The van der Waals surface area contributed by atoms with Gasteiger partial charge in [0.25, 0.3) is 0 Å². The van der Waals surface area contributed by atoms with Crippen LogP contribution in [-0.2, 0) is 9.59 Å². The summed E-state index contributed by atoms with van der Waals surface area (Å²) in [5.74, 6) is -2.07. The molecule has 8 nitrogen and oxygen atoms in total. The summed E-state index contributed by atoms with van der Waals surface area (Å²) in [4.78, 5) is 20.1. The van der Waals surface area contributed by atoms with Crippen LogP contribution in [0.2, 0.25) is 0 Å². The van der Waals surface area contributed by atoms with Gasteiger partial charge in [0.2, 0.25) is 0 Å². The Morgan fingerprint density at radius 2 is 1.78 bits per heavy atom. The molecule has 0 aromatic rings. The number of aliphatic hydroxyl groups is 2. The number of carboxylic acids is 2. The zero-order valence-corrected chi connectivity index (χ0v) is 10.4. The minimum atomic E-state index is -1.18. The Hall–Kier alpha value is -1.22. The Kier molecular flexibility index (Phi) is 13.0. The number of aliphatic carboxylic acids is 2. The number of nitrogens with two attached hydrogens (primary N) is 1. The first-order valence-electron chi connectivity index (χ1n) is 5.56. The second-order valence-corrected chi connectivity index (χ2v) is 3.48. The second kappa shape index (κ2) is 12.2. The minimum Gasteiger partial charge on any atom is -0.480 e. The molecule has 0 aromatic heterocycles. The first kappa shape index (κ1) is 19.1. The molecule has 0 aromatic carbocycles. The summed E-state index contributed by atoms with van der Waals surface area (Å²) in [6, 6.07) is -1.72. The van der Waals surface area contributed by atoms with E-state index in [9.17, 15) is 9.59 Å². The lowest BCUT2D eigenvalue weighted by Crippen LogP contribution is -2.37. The van der Waals surface area contributed by atoms with Crippen LogP contribution in [0, 0.1) is 0 Å². The summed E-state index contributed by atoms with van der Waals surface area (Å²) in [5, 5.41) is 35.7. The number of carboxylic acid groups (broad SMARTS) is 2. The third-order valence-electron chi connectivity index (χ3n) is 1.87. The normalized spacial score (nSPS) is 13.1. The van der Waals surface area contributed by atoms with Gasteiger partial charge in [0.1, 0.15) is 12.1 Å². The van der Waals surface area contributed by atoms with Crippen molar-refractivity contribution in [3.05, 3.63) is 0 Å². The van der Waals surface area contributed by atoms with Crippen molar-refractivity contribution in [2.75, 3.05) is 19.8 Å². The number of carbonyl (C=O) groups is 2. The maximum atomic E-state index is 10.4. The van der Waals surface area contributed by atoms with E-state index in [-0.39, 0.29) is 13.0 Å². The van der Waals surface area contributed by atoms with E-state index >= 15 is 0 Å². The molecule has 0 saturated heterocycles. The molecule has 108 valence electrons. The molecule has 2 atom stereocenters. The lowest BCUT2D eigenvalue weighted by Gasteiger charge is -2.11. The lowest BCUT2D eigenvalue weighted by atomic mass is 10.2. The zero-order chi connectivity index (χ0) is 14.6. The molecule has 0 heterocycles. The molecule has 7 N–H and O–H groups in total. The van der Waals surface area contributed by atoms with Crippen molar-refractivity contribution in [3.63, 3.8) is 0 Å². The number of hydrogen-bond acceptors (Lipinski definition) is 6. The van der Waals surface area contributed by atoms with Crippen molar-refractivity contribution in [2.45, 2.75) is 31.8 Å². The maximum Gasteiger partial charge on any atom is 0.322 e. The summed E-state index contributed by atoms with van der Waals surface area (Å²) in [5.41, 5.74) is 4.77. The molecule has 18 heavy (non-hydrogen) atoms. The van der Waals surface area contributed by atoms with Crippen molar-refractivity contribution >= 4 is 11.9 Å². The summed E-state index contributed by atoms with van der Waals surface area (Å²) in [7, 11) is 0. The van der Waals surface area contributed by atoms with Crippen molar-refractivity contribution in [2.24, 2.45) is 5.73 Å². The SMILES string of the molecule is CCCN[C@@H](CCO)C(=O)O.NC(CO)C(=O)O. The summed E-state index contributed by atoms with van der Waals surface area (Å²) < 4.78 is 0. The quantitative estimate of drug-likeness (QED) is 0.301. The Labute approximate surface area is 105 Å². The van der Waals surface area contributed by atoms with Gasteiger partial charge in [-0.3, -0.25) is 9.59 Å². The van der Waals surface area contributed by atoms with Crippen LogP contribution >= 0.6 is 0 Å². The van der Waals surface area contributed by atoms with E-state index in [1.165, 1.54) is 0 Å². The third-order valence-corrected chi connectivity index (χ3v) is 1.87. The van der Waals surface area contributed by atoms with Gasteiger partial charge in [0, 0.05) is 6.61 Å². The number of aliphatic hydroxyl groups excluding tert-OH is 2. The van der Waals surface area contributed by atoms with E-state index in [2.05, 4.69) is 5.32 Å². The average molecular weight is 266 g/mol. The van der Waals surface area contributed by atoms with Gasteiger partial charge in [-0.05, 0) is 19.4 Å². The van der Waals surface area contributed by atoms with Crippen LogP contribution < -0.4 is 11.1 Å². The van der Waals surface area contributed by atoms with Crippen molar-refractivity contribution < 1.29 is 30.0 Å². The molecule has 0 fully saturated rings. The first-order chi connectivity index (χ1) is 8.40. The van der Waals surface area contributed by atoms with Gasteiger partial charge >= 0.3 is 11.9 Å². The standard InChI is InChI=1S/C7H15NO3.C3H7NO3/c1-2-4-8-6(3-5-9)7(10)11;4-2(1-5)3(6)7/h6,8-9H,2-5H2,1H3,(H,10,11);2,5H,1,4H2,(H,6,7)/t6-;/m0./s1. The number of rotatable bonds is 8.